The number of nitrogens with one attached hydrogen (secondary N) is 1. The monoisotopic (exact) mass is 385 g/mol. The third kappa shape index (κ3) is 2.70. The molecule has 0 saturated carbocycles. The van der Waals surface area contributed by atoms with Gasteiger partial charge in [0, 0.05) is 10.9 Å². The molecule has 0 fully saturated rings. The first-order chi connectivity index (χ1) is 13.3. The van der Waals surface area contributed by atoms with Gasteiger partial charge in [-0.1, -0.05) is 66.7 Å². The molecule has 0 aromatic heterocycles. The number of fused-ring (bicyclic) bond motifs is 3. The molecule has 0 radical (unpaired) electrons. The van der Waals surface area contributed by atoms with Crippen LogP contribution in [0.25, 0.3) is 10.8 Å². The number of halogens is 3. The van der Waals surface area contributed by atoms with Crippen LogP contribution in [-0.2, 0) is 26.3 Å². The molecule has 1 amide bonds. The first-order valence-electron chi connectivity index (χ1n) is 8.49. The van der Waals surface area contributed by atoms with Crippen LogP contribution in [0.1, 0.15) is 11.1 Å². The number of benzene rings is 3. The third-order valence-electron chi connectivity index (χ3n) is 4.72. The molecule has 1 atom stereocenters. The number of alkyl halides is 3. The Hall–Kier alpha value is -3.35. The van der Waals surface area contributed by atoms with Gasteiger partial charge in [-0.25, -0.2) is 0 Å². The Labute approximate surface area is 157 Å². The SMILES string of the molecule is O=C(Cc1ccccc1)O[C@]1(C(F)(F)F)C(=O)Nc2c1ccc1ccccc21. The predicted octanol–water partition coefficient (Wildman–Crippen LogP) is 4.34. The fraction of sp³-hybridized carbons (Fsp3) is 0.143. The second-order valence-corrected chi connectivity index (χ2v) is 6.48. The van der Waals surface area contributed by atoms with E-state index < -0.39 is 29.2 Å². The van der Waals surface area contributed by atoms with Crippen LogP contribution in [0.5, 0.6) is 0 Å². The zero-order valence-electron chi connectivity index (χ0n) is 14.4. The number of ether oxygens (including phenoxy) is 1. The van der Waals surface area contributed by atoms with Crippen molar-refractivity contribution in [3.8, 4) is 0 Å². The van der Waals surface area contributed by atoms with Crippen LogP contribution in [0.3, 0.4) is 0 Å². The molecule has 1 aliphatic heterocycles. The molecule has 3 aromatic rings. The van der Waals surface area contributed by atoms with Crippen molar-refractivity contribution in [1.82, 2.24) is 0 Å². The molecule has 1 aliphatic rings. The van der Waals surface area contributed by atoms with Crippen LogP contribution < -0.4 is 5.32 Å². The highest BCUT2D eigenvalue weighted by molar-refractivity contribution is 6.14. The maximum absolute atomic E-state index is 14.1. The first kappa shape index (κ1) is 18.0. The molecule has 3 aromatic carbocycles. The number of carbonyl (C=O) groups is 2. The number of rotatable bonds is 3. The van der Waals surface area contributed by atoms with Crippen LogP contribution in [0.2, 0.25) is 0 Å². The zero-order valence-corrected chi connectivity index (χ0v) is 14.4. The van der Waals surface area contributed by atoms with Gasteiger partial charge in [0.1, 0.15) is 0 Å². The van der Waals surface area contributed by atoms with Gasteiger partial charge >= 0.3 is 17.7 Å². The van der Waals surface area contributed by atoms with Gasteiger partial charge in [0.2, 0.25) is 0 Å². The third-order valence-corrected chi connectivity index (χ3v) is 4.72. The van der Waals surface area contributed by atoms with Gasteiger partial charge in [0.15, 0.2) is 0 Å². The summed E-state index contributed by atoms with van der Waals surface area (Å²) in [4.78, 5) is 24.9. The number of anilines is 1. The van der Waals surface area contributed by atoms with Crippen molar-refractivity contribution < 1.29 is 27.5 Å². The summed E-state index contributed by atoms with van der Waals surface area (Å²) in [5.74, 6) is -2.56. The Bertz CT molecular complexity index is 1080. The lowest BCUT2D eigenvalue weighted by atomic mass is 9.92. The summed E-state index contributed by atoms with van der Waals surface area (Å²) < 4.78 is 47.2. The smallest absolute Gasteiger partial charge is 0.434 e. The van der Waals surface area contributed by atoms with Gasteiger partial charge in [0.05, 0.1) is 12.1 Å². The van der Waals surface area contributed by atoms with Gasteiger partial charge in [-0.15, -0.1) is 0 Å². The minimum atomic E-state index is -5.13. The number of hydrogen-bond acceptors (Lipinski definition) is 3. The summed E-state index contributed by atoms with van der Waals surface area (Å²) in [6.45, 7) is 0. The number of amides is 1. The number of esters is 1. The molecular weight excluding hydrogens is 371 g/mol. The van der Waals surface area contributed by atoms with Crippen molar-refractivity contribution in [3.63, 3.8) is 0 Å². The Kier molecular flexibility index (Phi) is 4.10. The summed E-state index contributed by atoms with van der Waals surface area (Å²) in [5.41, 5.74) is -3.29. The largest absolute Gasteiger partial charge is 0.442 e. The highest BCUT2D eigenvalue weighted by atomic mass is 19.4. The maximum atomic E-state index is 14.1. The summed E-state index contributed by atoms with van der Waals surface area (Å²) in [7, 11) is 0. The lowest BCUT2D eigenvalue weighted by Crippen LogP contribution is -2.51. The molecule has 4 rings (SSSR count). The molecule has 0 unspecified atom stereocenters. The summed E-state index contributed by atoms with van der Waals surface area (Å²) in [6.07, 6.45) is -5.51. The van der Waals surface area contributed by atoms with E-state index in [9.17, 15) is 22.8 Å². The van der Waals surface area contributed by atoms with E-state index in [2.05, 4.69) is 5.32 Å². The average Bonchev–Trinajstić information content (AvgIpc) is 2.95. The zero-order chi connectivity index (χ0) is 19.9. The minimum Gasteiger partial charge on any atom is -0.434 e. The topological polar surface area (TPSA) is 55.4 Å². The summed E-state index contributed by atoms with van der Waals surface area (Å²) in [6, 6.07) is 17.6. The quantitative estimate of drug-likeness (QED) is 0.683. The van der Waals surface area contributed by atoms with Crippen LogP contribution in [0.15, 0.2) is 66.7 Å². The van der Waals surface area contributed by atoms with E-state index in [1.54, 1.807) is 54.6 Å². The second kappa shape index (κ2) is 6.37. The van der Waals surface area contributed by atoms with E-state index in [-0.39, 0.29) is 12.1 Å². The average molecular weight is 385 g/mol. The maximum Gasteiger partial charge on any atom is 0.442 e. The molecule has 142 valence electrons. The molecular formula is C21H14F3NO3. The van der Waals surface area contributed by atoms with E-state index in [0.29, 0.717) is 16.3 Å². The van der Waals surface area contributed by atoms with Gasteiger partial charge in [-0.05, 0) is 10.9 Å². The number of carbonyl (C=O) groups excluding carboxylic acids is 2. The highest BCUT2D eigenvalue weighted by Crippen LogP contribution is 2.51. The molecule has 1 N–H and O–H groups in total. The van der Waals surface area contributed by atoms with E-state index in [1.165, 1.54) is 12.1 Å². The molecule has 0 saturated heterocycles. The van der Waals surface area contributed by atoms with Crippen LogP contribution >= 0.6 is 0 Å². The van der Waals surface area contributed by atoms with Crippen LogP contribution in [-0.4, -0.2) is 18.1 Å². The second-order valence-electron chi connectivity index (χ2n) is 6.48. The molecule has 7 heteroatoms. The lowest BCUT2D eigenvalue weighted by molar-refractivity contribution is -0.262. The molecule has 0 bridgehead atoms. The fourth-order valence-corrected chi connectivity index (χ4v) is 3.43. The Morgan fingerprint density at radius 3 is 2.36 bits per heavy atom. The molecule has 0 spiro atoms. The van der Waals surface area contributed by atoms with Crippen molar-refractivity contribution in [2.45, 2.75) is 18.2 Å². The minimum absolute atomic E-state index is 0.00735. The predicted molar refractivity (Wildman–Crippen MR) is 96.5 cm³/mol. The Morgan fingerprint density at radius 2 is 1.64 bits per heavy atom. The van der Waals surface area contributed by atoms with Crippen LogP contribution in [0, 0.1) is 0 Å². The van der Waals surface area contributed by atoms with Crippen molar-refractivity contribution in [1.29, 1.82) is 0 Å². The highest BCUT2D eigenvalue weighted by Gasteiger charge is 2.69. The normalized spacial score (nSPS) is 18.6. The van der Waals surface area contributed by atoms with Crippen molar-refractivity contribution >= 4 is 28.3 Å². The number of hydrogen-bond donors (Lipinski definition) is 1. The lowest BCUT2D eigenvalue weighted by Gasteiger charge is -2.29. The molecule has 0 aliphatic carbocycles. The Balaban J connectivity index is 1.80. The standard InChI is InChI=1S/C21H14F3NO3/c22-21(23,24)20(28-17(26)12-13-6-2-1-3-7-13)16-11-10-14-8-4-5-9-15(14)18(16)25-19(20)27/h1-11H,12H2,(H,25,27)/t20-/m0/s1. The van der Waals surface area contributed by atoms with Crippen LogP contribution in [0.4, 0.5) is 18.9 Å². The van der Waals surface area contributed by atoms with E-state index in [1.807, 2.05) is 0 Å². The van der Waals surface area contributed by atoms with Crippen molar-refractivity contribution in [2.24, 2.45) is 0 Å². The van der Waals surface area contributed by atoms with Gasteiger partial charge in [-0.2, -0.15) is 13.2 Å². The van der Waals surface area contributed by atoms with Gasteiger partial charge < -0.3 is 10.1 Å². The summed E-state index contributed by atoms with van der Waals surface area (Å²) in [5, 5.41) is 3.38. The van der Waals surface area contributed by atoms with Crippen molar-refractivity contribution in [3.05, 3.63) is 77.9 Å². The van der Waals surface area contributed by atoms with Gasteiger partial charge in [0.25, 0.3) is 5.91 Å². The summed E-state index contributed by atoms with van der Waals surface area (Å²) >= 11 is 0. The fourth-order valence-electron chi connectivity index (χ4n) is 3.43. The van der Waals surface area contributed by atoms with E-state index >= 15 is 0 Å². The van der Waals surface area contributed by atoms with Gasteiger partial charge in [-0.3, -0.25) is 9.59 Å². The Morgan fingerprint density at radius 1 is 0.964 bits per heavy atom. The van der Waals surface area contributed by atoms with Crippen molar-refractivity contribution in [2.75, 3.05) is 5.32 Å². The molecule has 28 heavy (non-hydrogen) atoms. The first-order valence-corrected chi connectivity index (χ1v) is 8.49. The van der Waals surface area contributed by atoms with E-state index in [4.69, 9.17) is 4.74 Å². The molecule has 1 heterocycles. The molecule has 4 nitrogen and oxygen atoms in total. The van der Waals surface area contributed by atoms with E-state index in [0.717, 1.165) is 0 Å².